The maximum Gasteiger partial charge on any atom is 0.325 e. The highest BCUT2D eigenvalue weighted by atomic mass is 79.9. The molecule has 140 valence electrons. The Morgan fingerprint density at radius 3 is 2.65 bits per heavy atom. The molecular formula is C19H24BrN3O3. The van der Waals surface area contributed by atoms with Gasteiger partial charge in [0.05, 0.1) is 0 Å². The number of urea groups is 1. The van der Waals surface area contributed by atoms with Crippen LogP contribution in [0.15, 0.2) is 28.7 Å². The molecule has 1 aromatic carbocycles. The lowest BCUT2D eigenvalue weighted by molar-refractivity contribution is -0.139. The Balaban J connectivity index is 1.73. The number of rotatable bonds is 4. The van der Waals surface area contributed by atoms with E-state index in [-0.39, 0.29) is 18.5 Å². The second-order valence-corrected chi connectivity index (χ2v) is 8.17. The van der Waals surface area contributed by atoms with E-state index in [1.54, 1.807) is 31.0 Å². The van der Waals surface area contributed by atoms with E-state index in [4.69, 9.17) is 0 Å². The number of benzene rings is 1. The largest absolute Gasteiger partial charge is 0.341 e. The van der Waals surface area contributed by atoms with Crippen LogP contribution in [0, 0.1) is 0 Å². The van der Waals surface area contributed by atoms with E-state index in [1.807, 2.05) is 12.1 Å². The van der Waals surface area contributed by atoms with Crippen molar-refractivity contribution in [2.45, 2.75) is 50.6 Å². The van der Waals surface area contributed by atoms with Crippen molar-refractivity contribution in [3.05, 3.63) is 34.3 Å². The molecule has 1 aromatic rings. The smallest absolute Gasteiger partial charge is 0.325 e. The lowest BCUT2D eigenvalue weighted by Gasteiger charge is -2.32. The Kier molecular flexibility index (Phi) is 5.37. The summed E-state index contributed by atoms with van der Waals surface area (Å²) >= 11 is 3.39. The van der Waals surface area contributed by atoms with Gasteiger partial charge in [0.25, 0.3) is 5.91 Å². The zero-order valence-corrected chi connectivity index (χ0v) is 16.7. The average Bonchev–Trinajstić information content (AvgIpc) is 2.86. The predicted molar refractivity (Wildman–Crippen MR) is 101 cm³/mol. The number of carbonyl (C=O) groups is 3. The van der Waals surface area contributed by atoms with Crippen LogP contribution in [0.2, 0.25) is 0 Å². The first kappa shape index (κ1) is 18.9. The number of halogens is 1. The van der Waals surface area contributed by atoms with E-state index in [1.165, 1.54) is 6.42 Å². The number of likely N-dealkylation sites (N-methyl/N-ethyl adjacent to an activating group) is 1. The normalized spacial score (nSPS) is 23.9. The molecule has 26 heavy (non-hydrogen) atoms. The van der Waals surface area contributed by atoms with E-state index in [9.17, 15) is 14.4 Å². The molecule has 2 aliphatic rings. The lowest BCUT2D eigenvalue weighted by atomic mass is 9.92. The van der Waals surface area contributed by atoms with Gasteiger partial charge in [-0.25, -0.2) is 4.79 Å². The van der Waals surface area contributed by atoms with E-state index in [0.717, 1.165) is 35.1 Å². The monoisotopic (exact) mass is 421 g/mol. The number of nitrogens with one attached hydrogen (secondary N) is 1. The Morgan fingerprint density at radius 1 is 1.31 bits per heavy atom. The zero-order chi connectivity index (χ0) is 18.9. The Hall–Kier alpha value is -1.89. The molecule has 0 radical (unpaired) electrons. The summed E-state index contributed by atoms with van der Waals surface area (Å²) in [6, 6.07) is 6.94. The summed E-state index contributed by atoms with van der Waals surface area (Å²) in [5.74, 6) is -0.593. The molecule has 1 saturated heterocycles. The summed E-state index contributed by atoms with van der Waals surface area (Å²) in [4.78, 5) is 40.7. The van der Waals surface area contributed by atoms with E-state index in [2.05, 4.69) is 21.2 Å². The van der Waals surface area contributed by atoms with Crippen molar-refractivity contribution < 1.29 is 14.4 Å². The fourth-order valence-electron chi connectivity index (χ4n) is 3.75. The molecule has 0 unspecified atom stereocenters. The molecule has 1 aliphatic heterocycles. The highest BCUT2D eigenvalue weighted by molar-refractivity contribution is 9.10. The third-order valence-corrected chi connectivity index (χ3v) is 5.98. The Morgan fingerprint density at radius 2 is 2.00 bits per heavy atom. The molecule has 2 fully saturated rings. The quantitative estimate of drug-likeness (QED) is 0.759. The van der Waals surface area contributed by atoms with Crippen LogP contribution in [0.3, 0.4) is 0 Å². The number of imide groups is 1. The minimum absolute atomic E-state index is 0.195. The van der Waals surface area contributed by atoms with Gasteiger partial charge in [-0.3, -0.25) is 14.5 Å². The summed E-state index contributed by atoms with van der Waals surface area (Å²) in [5, 5.41) is 2.74. The van der Waals surface area contributed by atoms with Gasteiger partial charge in [0.15, 0.2) is 0 Å². The van der Waals surface area contributed by atoms with Gasteiger partial charge in [0.1, 0.15) is 12.1 Å². The van der Waals surface area contributed by atoms with Crippen molar-refractivity contribution in [3.8, 4) is 0 Å². The van der Waals surface area contributed by atoms with Crippen LogP contribution in [-0.2, 0) is 15.1 Å². The van der Waals surface area contributed by atoms with E-state index >= 15 is 0 Å². The van der Waals surface area contributed by atoms with Crippen LogP contribution in [0.5, 0.6) is 0 Å². The van der Waals surface area contributed by atoms with Gasteiger partial charge >= 0.3 is 6.03 Å². The zero-order valence-electron chi connectivity index (χ0n) is 15.1. The van der Waals surface area contributed by atoms with Crippen molar-refractivity contribution in [3.63, 3.8) is 0 Å². The third-order valence-electron chi connectivity index (χ3n) is 5.49. The van der Waals surface area contributed by atoms with Gasteiger partial charge in [-0.15, -0.1) is 0 Å². The number of nitrogens with zero attached hydrogens (tertiary/aromatic N) is 2. The van der Waals surface area contributed by atoms with Crippen molar-refractivity contribution in [1.29, 1.82) is 0 Å². The molecule has 0 spiro atoms. The standard InChI is InChI=1S/C19H24BrN3O3/c1-19(13-7-6-8-14(20)11-13)17(25)23(18(26)21-19)12-16(24)22(2)15-9-4-3-5-10-15/h6-8,11,15H,3-5,9-10,12H2,1-2H3,(H,21,26)/t19-/m0/s1. The second kappa shape index (κ2) is 7.39. The third kappa shape index (κ3) is 3.49. The maximum atomic E-state index is 12.9. The number of hydrogen-bond acceptors (Lipinski definition) is 3. The fourth-order valence-corrected chi connectivity index (χ4v) is 4.15. The summed E-state index contributed by atoms with van der Waals surface area (Å²) < 4.78 is 0.824. The number of hydrogen-bond donors (Lipinski definition) is 1. The Labute approximate surface area is 162 Å². The SMILES string of the molecule is CN(C(=O)CN1C(=O)N[C@@](C)(c2cccc(Br)c2)C1=O)C1CCCCC1. The molecule has 1 saturated carbocycles. The van der Waals surface area contributed by atoms with E-state index < -0.39 is 17.5 Å². The molecule has 7 heteroatoms. The van der Waals surface area contributed by atoms with Crippen molar-refractivity contribution in [2.75, 3.05) is 13.6 Å². The molecule has 4 amide bonds. The minimum Gasteiger partial charge on any atom is -0.341 e. The average molecular weight is 422 g/mol. The van der Waals surface area contributed by atoms with Crippen molar-refractivity contribution in [2.24, 2.45) is 0 Å². The summed E-state index contributed by atoms with van der Waals surface area (Å²) in [5.41, 5.74) is -0.481. The van der Waals surface area contributed by atoms with Crippen LogP contribution >= 0.6 is 15.9 Å². The summed E-state index contributed by atoms with van der Waals surface area (Å²) in [7, 11) is 1.77. The van der Waals surface area contributed by atoms with Crippen LogP contribution in [-0.4, -0.2) is 47.3 Å². The van der Waals surface area contributed by atoms with Gasteiger partial charge < -0.3 is 10.2 Å². The number of carbonyl (C=O) groups excluding carboxylic acids is 3. The first-order valence-electron chi connectivity index (χ1n) is 8.99. The molecule has 0 aromatic heterocycles. The van der Waals surface area contributed by atoms with Crippen molar-refractivity contribution in [1.82, 2.24) is 15.1 Å². The molecule has 1 atom stereocenters. The van der Waals surface area contributed by atoms with Gasteiger partial charge in [-0.05, 0) is 37.5 Å². The summed E-state index contributed by atoms with van der Waals surface area (Å²) in [6.45, 7) is 1.45. The fraction of sp³-hybridized carbons (Fsp3) is 0.526. The maximum absolute atomic E-state index is 12.9. The lowest BCUT2D eigenvalue weighted by Crippen LogP contribution is -2.46. The van der Waals surface area contributed by atoms with Gasteiger partial charge in [0, 0.05) is 17.6 Å². The van der Waals surface area contributed by atoms with Crippen LogP contribution < -0.4 is 5.32 Å². The van der Waals surface area contributed by atoms with Crippen LogP contribution in [0.4, 0.5) is 4.79 Å². The minimum atomic E-state index is -1.16. The van der Waals surface area contributed by atoms with Gasteiger partial charge in [-0.2, -0.15) is 0 Å². The molecule has 1 aliphatic carbocycles. The number of amides is 4. The van der Waals surface area contributed by atoms with Crippen LogP contribution in [0.1, 0.15) is 44.6 Å². The topological polar surface area (TPSA) is 69.7 Å². The molecule has 1 heterocycles. The molecule has 6 nitrogen and oxygen atoms in total. The molecule has 1 N–H and O–H groups in total. The highest BCUT2D eigenvalue weighted by Crippen LogP contribution is 2.30. The molecular weight excluding hydrogens is 398 g/mol. The first-order chi connectivity index (χ1) is 12.3. The first-order valence-corrected chi connectivity index (χ1v) is 9.78. The van der Waals surface area contributed by atoms with Gasteiger partial charge in [-0.1, -0.05) is 47.3 Å². The molecule has 3 rings (SSSR count). The van der Waals surface area contributed by atoms with E-state index in [0.29, 0.717) is 5.56 Å². The Bertz CT molecular complexity index is 732. The second-order valence-electron chi connectivity index (χ2n) is 7.25. The summed E-state index contributed by atoms with van der Waals surface area (Å²) in [6.07, 6.45) is 5.41. The van der Waals surface area contributed by atoms with Crippen LogP contribution in [0.25, 0.3) is 0 Å². The highest BCUT2D eigenvalue weighted by Gasteiger charge is 2.49. The molecule has 0 bridgehead atoms. The van der Waals surface area contributed by atoms with Crippen molar-refractivity contribution >= 4 is 33.8 Å². The van der Waals surface area contributed by atoms with Gasteiger partial charge in [0.2, 0.25) is 5.91 Å². The predicted octanol–water partition coefficient (Wildman–Crippen LogP) is 3.01.